The van der Waals surface area contributed by atoms with E-state index in [0.29, 0.717) is 23.8 Å². The first-order valence-corrected chi connectivity index (χ1v) is 12.8. The zero-order valence-corrected chi connectivity index (χ0v) is 20.0. The highest BCUT2D eigenvalue weighted by atomic mass is 32.2. The van der Waals surface area contributed by atoms with Gasteiger partial charge in [-0.25, -0.2) is 13.4 Å². The van der Waals surface area contributed by atoms with Crippen LogP contribution in [0.5, 0.6) is 5.75 Å². The number of aromatic nitrogens is 1. The van der Waals surface area contributed by atoms with Crippen LogP contribution in [0.2, 0.25) is 0 Å². The van der Waals surface area contributed by atoms with Gasteiger partial charge in [-0.05, 0) is 61.4 Å². The lowest BCUT2D eigenvalue weighted by molar-refractivity contribution is 0.0979. The number of amides is 1. The van der Waals surface area contributed by atoms with E-state index in [2.05, 4.69) is 10.3 Å². The Morgan fingerprint density at radius 2 is 1.94 bits per heavy atom. The number of hydrogen-bond donors (Lipinski definition) is 1. The highest BCUT2D eigenvalue weighted by Crippen LogP contribution is 2.27. The monoisotopic (exact) mass is 487 g/mol. The Morgan fingerprint density at radius 1 is 1.21 bits per heavy atom. The second kappa shape index (κ2) is 10.0. The van der Waals surface area contributed by atoms with Gasteiger partial charge in [-0.1, -0.05) is 0 Å². The van der Waals surface area contributed by atoms with Gasteiger partial charge in [0.05, 0.1) is 23.8 Å². The molecule has 4 rings (SSSR count). The number of anilines is 1. The summed E-state index contributed by atoms with van der Waals surface area (Å²) in [6.45, 7) is 0.980. The van der Waals surface area contributed by atoms with E-state index in [1.807, 2.05) is 29.6 Å². The normalized spacial score (nSPS) is 16.2. The quantitative estimate of drug-likeness (QED) is 0.518. The van der Waals surface area contributed by atoms with Crippen LogP contribution in [-0.2, 0) is 14.8 Å². The molecule has 33 heavy (non-hydrogen) atoms. The summed E-state index contributed by atoms with van der Waals surface area (Å²) in [5.41, 5.74) is 2.00. The second-order valence-corrected chi connectivity index (χ2v) is 10.6. The van der Waals surface area contributed by atoms with Crippen LogP contribution in [0.25, 0.3) is 11.3 Å². The molecule has 3 aromatic rings. The van der Waals surface area contributed by atoms with Crippen molar-refractivity contribution < 1.29 is 22.7 Å². The maximum absolute atomic E-state index is 12.8. The number of rotatable bonds is 8. The zero-order valence-electron chi connectivity index (χ0n) is 18.4. The SMILES string of the molecule is COc1ccc(-c2csc(NC(=O)c3ccc(S(=O)(=O)N(C)CC4CCCO4)cc3)n2)cc1. The average Bonchev–Trinajstić information content (AvgIpc) is 3.51. The van der Waals surface area contributed by atoms with Crippen molar-refractivity contribution in [3.8, 4) is 17.0 Å². The molecule has 0 aliphatic carbocycles. The lowest BCUT2D eigenvalue weighted by atomic mass is 10.2. The summed E-state index contributed by atoms with van der Waals surface area (Å²) in [5.74, 6) is 0.397. The highest BCUT2D eigenvalue weighted by Gasteiger charge is 2.26. The van der Waals surface area contributed by atoms with Crippen LogP contribution >= 0.6 is 11.3 Å². The van der Waals surface area contributed by atoms with Gasteiger partial charge in [0.25, 0.3) is 5.91 Å². The summed E-state index contributed by atoms with van der Waals surface area (Å²) in [6.07, 6.45) is 1.73. The fourth-order valence-corrected chi connectivity index (χ4v) is 5.44. The summed E-state index contributed by atoms with van der Waals surface area (Å²) in [5, 5.41) is 5.08. The highest BCUT2D eigenvalue weighted by molar-refractivity contribution is 7.89. The molecule has 1 unspecified atom stereocenters. The van der Waals surface area contributed by atoms with Crippen molar-refractivity contribution >= 4 is 32.4 Å². The molecule has 1 saturated heterocycles. The third-order valence-electron chi connectivity index (χ3n) is 5.42. The number of carbonyl (C=O) groups excluding carboxylic acids is 1. The van der Waals surface area contributed by atoms with E-state index >= 15 is 0 Å². The number of hydrogen-bond acceptors (Lipinski definition) is 7. The van der Waals surface area contributed by atoms with E-state index in [1.165, 1.54) is 39.9 Å². The molecular formula is C23H25N3O5S2. The van der Waals surface area contributed by atoms with Crippen molar-refractivity contribution in [1.82, 2.24) is 9.29 Å². The molecule has 174 valence electrons. The number of carbonyl (C=O) groups is 1. The number of likely N-dealkylation sites (N-methyl/N-ethyl adjacent to an activating group) is 1. The standard InChI is InChI=1S/C23H25N3O5S2/c1-26(14-19-4-3-13-31-19)33(28,29)20-11-7-17(8-12-20)22(27)25-23-24-21(15-32-23)16-5-9-18(30-2)10-6-16/h5-12,15,19H,3-4,13-14H2,1-2H3,(H,24,25,27). The van der Waals surface area contributed by atoms with E-state index in [4.69, 9.17) is 9.47 Å². The van der Waals surface area contributed by atoms with Gasteiger partial charge in [-0.15, -0.1) is 11.3 Å². The molecule has 1 amide bonds. The van der Waals surface area contributed by atoms with Crippen molar-refractivity contribution in [2.45, 2.75) is 23.8 Å². The number of thiazole rings is 1. The van der Waals surface area contributed by atoms with Crippen molar-refractivity contribution in [1.29, 1.82) is 0 Å². The van der Waals surface area contributed by atoms with Gasteiger partial charge in [0.15, 0.2) is 5.13 Å². The Bertz CT molecular complexity index is 1200. The van der Waals surface area contributed by atoms with E-state index in [-0.39, 0.29) is 16.9 Å². The number of ether oxygens (including phenoxy) is 2. The molecule has 8 nitrogen and oxygen atoms in total. The Morgan fingerprint density at radius 3 is 2.58 bits per heavy atom. The maximum atomic E-state index is 12.8. The Kier molecular flexibility index (Phi) is 7.08. The average molecular weight is 488 g/mol. The summed E-state index contributed by atoms with van der Waals surface area (Å²) in [4.78, 5) is 17.2. The van der Waals surface area contributed by atoms with E-state index in [9.17, 15) is 13.2 Å². The smallest absolute Gasteiger partial charge is 0.257 e. The summed E-state index contributed by atoms with van der Waals surface area (Å²) >= 11 is 1.31. The Labute approximate surface area is 197 Å². The summed E-state index contributed by atoms with van der Waals surface area (Å²) in [6, 6.07) is 13.4. The first-order chi connectivity index (χ1) is 15.9. The van der Waals surface area contributed by atoms with Crippen LogP contribution < -0.4 is 10.1 Å². The van der Waals surface area contributed by atoms with Gasteiger partial charge in [-0.3, -0.25) is 10.1 Å². The van der Waals surface area contributed by atoms with Crippen molar-refractivity contribution in [2.24, 2.45) is 0 Å². The topological polar surface area (TPSA) is 97.8 Å². The van der Waals surface area contributed by atoms with E-state index < -0.39 is 10.0 Å². The number of nitrogens with zero attached hydrogens (tertiary/aromatic N) is 2. The summed E-state index contributed by atoms with van der Waals surface area (Å²) < 4.78 is 37.6. The molecule has 0 radical (unpaired) electrons. The Balaban J connectivity index is 1.40. The predicted molar refractivity (Wildman–Crippen MR) is 127 cm³/mol. The first kappa shape index (κ1) is 23.4. The van der Waals surface area contributed by atoms with Crippen molar-refractivity contribution in [3.63, 3.8) is 0 Å². The molecule has 10 heteroatoms. The van der Waals surface area contributed by atoms with Crippen LogP contribution in [0.3, 0.4) is 0 Å². The van der Waals surface area contributed by atoms with Crippen molar-refractivity contribution in [3.05, 3.63) is 59.5 Å². The van der Waals surface area contributed by atoms with Crippen molar-refractivity contribution in [2.75, 3.05) is 32.6 Å². The molecule has 1 aliphatic rings. The molecule has 2 aromatic carbocycles. The van der Waals surface area contributed by atoms with Crippen LogP contribution in [0.1, 0.15) is 23.2 Å². The number of nitrogens with one attached hydrogen (secondary N) is 1. The molecule has 0 saturated carbocycles. The maximum Gasteiger partial charge on any atom is 0.257 e. The molecular weight excluding hydrogens is 462 g/mol. The minimum atomic E-state index is -3.66. The lowest BCUT2D eigenvalue weighted by Gasteiger charge is -2.20. The molecule has 1 atom stereocenters. The minimum Gasteiger partial charge on any atom is -0.497 e. The third kappa shape index (κ3) is 5.41. The van der Waals surface area contributed by atoms with E-state index in [0.717, 1.165) is 29.8 Å². The van der Waals surface area contributed by atoms with Crippen LogP contribution in [0, 0.1) is 0 Å². The van der Waals surface area contributed by atoms with Gasteiger partial charge in [0.1, 0.15) is 5.75 Å². The number of sulfonamides is 1. The molecule has 1 fully saturated rings. The van der Waals surface area contributed by atoms with E-state index in [1.54, 1.807) is 14.2 Å². The van der Waals surface area contributed by atoms with Gasteiger partial charge in [-0.2, -0.15) is 4.31 Å². The largest absolute Gasteiger partial charge is 0.497 e. The van der Waals surface area contributed by atoms with Gasteiger partial charge >= 0.3 is 0 Å². The molecule has 0 bridgehead atoms. The molecule has 1 aliphatic heterocycles. The molecule has 1 N–H and O–H groups in total. The van der Waals surface area contributed by atoms with Crippen LogP contribution in [0.4, 0.5) is 5.13 Å². The molecule has 2 heterocycles. The fourth-order valence-electron chi connectivity index (χ4n) is 3.53. The fraction of sp³-hybridized carbons (Fsp3) is 0.304. The van der Waals surface area contributed by atoms with Gasteiger partial charge < -0.3 is 9.47 Å². The third-order valence-corrected chi connectivity index (χ3v) is 8.02. The van der Waals surface area contributed by atoms with Gasteiger partial charge in [0, 0.05) is 36.7 Å². The second-order valence-electron chi connectivity index (χ2n) is 7.67. The summed E-state index contributed by atoms with van der Waals surface area (Å²) in [7, 11) is -0.507. The zero-order chi connectivity index (χ0) is 23.4. The van der Waals surface area contributed by atoms with Crippen LogP contribution in [0.15, 0.2) is 58.8 Å². The predicted octanol–water partition coefficient (Wildman–Crippen LogP) is 3.87. The number of methoxy groups -OCH3 is 1. The first-order valence-electron chi connectivity index (χ1n) is 10.5. The minimum absolute atomic E-state index is 0.0732. The van der Waals surface area contributed by atoms with Crippen LogP contribution in [-0.4, -0.2) is 57.0 Å². The Hall–Kier alpha value is -2.79. The molecule has 1 aromatic heterocycles. The van der Waals surface area contributed by atoms with Gasteiger partial charge in [0.2, 0.25) is 10.0 Å². The lowest BCUT2D eigenvalue weighted by Crippen LogP contribution is -2.34. The number of benzene rings is 2. The molecule has 0 spiro atoms.